The molecule has 1 aliphatic rings. The average molecular weight is 267 g/mol. The second-order valence-electron chi connectivity index (χ2n) is 4.89. The number of hydrogen-bond acceptors (Lipinski definition) is 5. The largest absolute Gasteiger partial charge is 0.345 e. The SMILES string of the molecule is CCN1CCN(c2nc(C)c(C(C)=O)s2)CC1C. The predicted octanol–water partition coefficient (Wildman–Crippen LogP) is 2.18. The van der Waals surface area contributed by atoms with Gasteiger partial charge in [0.15, 0.2) is 10.9 Å². The normalized spacial score (nSPS) is 21.3. The molecule has 1 unspecified atom stereocenters. The Balaban J connectivity index is 2.13. The minimum atomic E-state index is 0.122. The molecule has 18 heavy (non-hydrogen) atoms. The molecule has 100 valence electrons. The van der Waals surface area contributed by atoms with E-state index in [0.29, 0.717) is 6.04 Å². The Labute approximate surface area is 113 Å². The topological polar surface area (TPSA) is 36.4 Å². The molecule has 0 amide bonds. The first-order valence-corrected chi connectivity index (χ1v) is 7.32. The van der Waals surface area contributed by atoms with Crippen LogP contribution >= 0.6 is 11.3 Å². The van der Waals surface area contributed by atoms with E-state index in [1.807, 2.05) is 6.92 Å². The molecule has 4 nitrogen and oxygen atoms in total. The molecule has 1 aromatic rings. The van der Waals surface area contributed by atoms with Gasteiger partial charge in [-0.2, -0.15) is 0 Å². The van der Waals surface area contributed by atoms with Gasteiger partial charge in [-0.25, -0.2) is 4.98 Å². The van der Waals surface area contributed by atoms with Gasteiger partial charge in [-0.05, 0) is 20.4 Å². The Morgan fingerprint density at radius 2 is 2.22 bits per heavy atom. The fraction of sp³-hybridized carbons (Fsp3) is 0.692. The van der Waals surface area contributed by atoms with E-state index < -0.39 is 0 Å². The van der Waals surface area contributed by atoms with Crippen LogP contribution in [0.5, 0.6) is 0 Å². The van der Waals surface area contributed by atoms with Crippen molar-refractivity contribution in [2.75, 3.05) is 31.1 Å². The fourth-order valence-electron chi connectivity index (χ4n) is 2.48. The van der Waals surface area contributed by atoms with Gasteiger partial charge in [0.25, 0.3) is 0 Å². The Bertz CT molecular complexity index is 443. The van der Waals surface area contributed by atoms with Crippen LogP contribution in [0.25, 0.3) is 0 Å². The summed E-state index contributed by atoms with van der Waals surface area (Å²) in [5.41, 5.74) is 0.869. The number of carbonyl (C=O) groups excluding carboxylic acids is 1. The summed E-state index contributed by atoms with van der Waals surface area (Å²) in [6.07, 6.45) is 0. The molecule has 1 aliphatic heterocycles. The number of piperazine rings is 1. The third-order valence-electron chi connectivity index (χ3n) is 3.55. The monoisotopic (exact) mass is 267 g/mol. The molecule has 5 heteroatoms. The van der Waals surface area contributed by atoms with Crippen LogP contribution in [0.3, 0.4) is 0 Å². The summed E-state index contributed by atoms with van der Waals surface area (Å²) in [5.74, 6) is 0.122. The van der Waals surface area contributed by atoms with Gasteiger partial charge in [0.05, 0.1) is 10.6 Å². The van der Waals surface area contributed by atoms with Crippen molar-refractivity contribution in [3.8, 4) is 0 Å². The van der Waals surface area contributed by atoms with Crippen LogP contribution in [0.1, 0.15) is 36.1 Å². The Hall–Kier alpha value is -0.940. The summed E-state index contributed by atoms with van der Waals surface area (Å²) in [6.45, 7) is 12.2. The molecule has 0 bridgehead atoms. The maximum atomic E-state index is 11.5. The van der Waals surface area contributed by atoms with Gasteiger partial charge < -0.3 is 4.90 Å². The zero-order valence-electron chi connectivity index (χ0n) is 11.6. The molecule has 1 atom stereocenters. The Morgan fingerprint density at radius 3 is 2.72 bits per heavy atom. The molecule has 0 radical (unpaired) electrons. The molecule has 1 saturated heterocycles. The first-order chi connectivity index (χ1) is 8.52. The van der Waals surface area contributed by atoms with Gasteiger partial charge >= 0.3 is 0 Å². The van der Waals surface area contributed by atoms with Crippen molar-refractivity contribution in [1.82, 2.24) is 9.88 Å². The summed E-state index contributed by atoms with van der Waals surface area (Å²) >= 11 is 1.53. The number of rotatable bonds is 3. The van der Waals surface area contributed by atoms with Crippen LogP contribution in [-0.2, 0) is 0 Å². The molecule has 0 aromatic carbocycles. The highest BCUT2D eigenvalue weighted by Crippen LogP contribution is 2.28. The lowest BCUT2D eigenvalue weighted by Gasteiger charge is -2.39. The maximum absolute atomic E-state index is 11.5. The van der Waals surface area contributed by atoms with Gasteiger partial charge in [-0.15, -0.1) is 0 Å². The second kappa shape index (κ2) is 5.36. The summed E-state index contributed by atoms with van der Waals surface area (Å²) in [7, 11) is 0. The molecule has 1 aromatic heterocycles. The molecule has 0 N–H and O–H groups in total. The van der Waals surface area contributed by atoms with E-state index in [0.717, 1.165) is 41.9 Å². The van der Waals surface area contributed by atoms with Crippen molar-refractivity contribution >= 4 is 22.3 Å². The standard InChI is InChI=1S/C13H21N3OS/c1-5-15-6-7-16(8-9(15)2)13-14-10(3)12(18-13)11(4)17/h9H,5-8H2,1-4H3. The predicted molar refractivity (Wildman–Crippen MR) is 75.8 cm³/mol. The first-order valence-electron chi connectivity index (χ1n) is 6.50. The van der Waals surface area contributed by atoms with Crippen LogP contribution in [0.4, 0.5) is 5.13 Å². The molecular formula is C13H21N3OS. The highest BCUT2D eigenvalue weighted by molar-refractivity contribution is 7.17. The second-order valence-corrected chi connectivity index (χ2v) is 5.87. The van der Waals surface area contributed by atoms with Gasteiger partial charge in [0.2, 0.25) is 0 Å². The van der Waals surface area contributed by atoms with Crippen LogP contribution in [0.2, 0.25) is 0 Å². The van der Waals surface area contributed by atoms with Crippen molar-refractivity contribution in [2.24, 2.45) is 0 Å². The minimum absolute atomic E-state index is 0.122. The van der Waals surface area contributed by atoms with E-state index in [9.17, 15) is 4.79 Å². The van der Waals surface area contributed by atoms with Crippen molar-refractivity contribution < 1.29 is 4.79 Å². The quantitative estimate of drug-likeness (QED) is 0.787. The Kier molecular flexibility index (Phi) is 4.02. The number of hydrogen-bond donors (Lipinski definition) is 0. The van der Waals surface area contributed by atoms with Crippen molar-refractivity contribution in [2.45, 2.75) is 33.7 Å². The molecule has 0 saturated carbocycles. The maximum Gasteiger partial charge on any atom is 0.186 e. The van der Waals surface area contributed by atoms with Crippen LogP contribution in [-0.4, -0.2) is 47.9 Å². The highest BCUT2D eigenvalue weighted by Gasteiger charge is 2.25. The molecule has 2 rings (SSSR count). The number of anilines is 1. The lowest BCUT2D eigenvalue weighted by Crippen LogP contribution is -2.51. The van der Waals surface area contributed by atoms with E-state index in [1.54, 1.807) is 6.92 Å². The summed E-state index contributed by atoms with van der Waals surface area (Å²) in [5, 5.41) is 1.00. The van der Waals surface area contributed by atoms with Gasteiger partial charge in [-0.3, -0.25) is 9.69 Å². The zero-order valence-corrected chi connectivity index (χ0v) is 12.4. The lowest BCUT2D eigenvalue weighted by molar-refractivity contribution is 0.102. The number of aromatic nitrogens is 1. The fourth-order valence-corrected chi connectivity index (χ4v) is 3.48. The van der Waals surface area contributed by atoms with Crippen LogP contribution in [0, 0.1) is 6.92 Å². The van der Waals surface area contributed by atoms with Gasteiger partial charge in [0.1, 0.15) is 0 Å². The lowest BCUT2D eigenvalue weighted by atomic mass is 10.2. The van der Waals surface area contributed by atoms with Gasteiger partial charge in [-0.1, -0.05) is 18.3 Å². The minimum Gasteiger partial charge on any atom is -0.345 e. The van der Waals surface area contributed by atoms with E-state index in [2.05, 4.69) is 28.6 Å². The van der Waals surface area contributed by atoms with Crippen molar-refractivity contribution in [3.63, 3.8) is 0 Å². The molecule has 1 fully saturated rings. The number of carbonyl (C=O) groups is 1. The number of Topliss-reactive ketones (excluding diaryl/α,β-unsaturated/α-hetero) is 1. The molecule has 0 spiro atoms. The average Bonchev–Trinajstić information content (AvgIpc) is 2.71. The summed E-state index contributed by atoms with van der Waals surface area (Å²) < 4.78 is 0. The van der Waals surface area contributed by atoms with E-state index in [-0.39, 0.29) is 5.78 Å². The van der Waals surface area contributed by atoms with Crippen LogP contribution < -0.4 is 4.90 Å². The van der Waals surface area contributed by atoms with Crippen LogP contribution in [0.15, 0.2) is 0 Å². The summed E-state index contributed by atoms with van der Waals surface area (Å²) in [4.78, 5) is 21.6. The summed E-state index contributed by atoms with van der Waals surface area (Å²) in [6, 6.07) is 0.550. The molecule has 0 aliphatic carbocycles. The molecular weight excluding hydrogens is 246 g/mol. The smallest absolute Gasteiger partial charge is 0.186 e. The number of thiazole rings is 1. The Morgan fingerprint density at radius 1 is 1.50 bits per heavy atom. The highest BCUT2D eigenvalue weighted by atomic mass is 32.1. The number of nitrogens with zero attached hydrogens (tertiary/aromatic N) is 3. The number of likely N-dealkylation sites (N-methyl/N-ethyl adjacent to an activating group) is 1. The zero-order chi connectivity index (χ0) is 13.3. The van der Waals surface area contributed by atoms with Crippen molar-refractivity contribution in [1.29, 1.82) is 0 Å². The van der Waals surface area contributed by atoms with E-state index >= 15 is 0 Å². The van der Waals surface area contributed by atoms with Gasteiger partial charge in [0, 0.05) is 32.6 Å². The third-order valence-corrected chi connectivity index (χ3v) is 4.87. The first kappa shape index (κ1) is 13.5. The number of aryl methyl sites for hydroxylation is 1. The molecule has 2 heterocycles. The van der Waals surface area contributed by atoms with Crippen molar-refractivity contribution in [3.05, 3.63) is 10.6 Å². The van der Waals surface area contributed by atoms with E-state index in [1.165, 1.54) is 11.3 Å². The van der Waals surface area contributed by atoms with E-state index in [4.69, 9.17) is 0 Å². The number of ketones is 1. The third kappa shape index (κ3) is 2.57.